The molecule has 1 atom stereocenters. The van der Waals surface area contributed by atoms with Gasteiger partial charge in [0.25, 0.3) is 0 Å². The van der Waals surface area contributed by atoms with Crippen LogP contribution in [0.3, 0.4) is 0 Å². The number of para-hydroxylation sites is 1. The number of anilines is 2. The summed E-state index contributed by atoms with van der Waals surface area (Å²) >= 11 is 0. The van der Waals surface area contributed by atoms with Gasteiger partial charge in [-0.05, 0) is 48.7 Å². The van der Waals surface area contributed by atoms with Crippen molar-refractivity contribution in [3.63, 3.8) is 0 Å². The van der Waals surface area contributed by atoms with Crippen molar-refractivity contribution < 1.29 is 0 Å². The van der Waals surface area contributed by atoms with Crippen molar-refractivity contribution in [3.05, 3.63) is 84.9 Å². The van der Waals surface area contributed by atoms with Crippen LogP contribution in [0.1, 0.15) is 20.3 Å². The van der Waals surface area contributed by atoms with Gasteiger partial charge in [-0.15, -0.1) is 0 Å². The third-order valence-corrected chi connectivity index (χ3v) is 4.32. The molecule has 116 valence electrons. The lowest BCUT2D eigenvalue weighted by Gasteiger charge is -2.31. The molecule has 0 fully saturated rings. The second kappa shape index (κ2) is 7.15. The average Bonchev–Trinajstić information content (AvgIpc) is 2.64. The van der Waals surface area contributed by atoms with Gasteiger partial charge < -0.3 is 4.90 Å². The van der Waals surface area contributed by atoms with Crippen LogP contribution in [-0.4, -0.2) is 6.04 Å². The lowest BCUT2D eigenvalue weighted by molar-refractivity contribution is 0.688. The van der Waals surface area contributed by atoms with Crippen molar-refractivity contribution in [1.82, 2.24) is 0 Å². The molecular formula is C22H23N. The Morgan fingerprint density at radius 1 is 0.652 bits per heavy atom. The van der Waals surface area contributed by atoms with E-state index in [4.69, 9.17) is 0 Å². The molecule has 1 heteroatoms. The van der Waals surface area contributed by atoms with Gasteiger partial charge in [0.05, 0.1) is 0 Å². The van der Waals surface area contributed by atoms with Crippen LogP contribution in [0.25, 0.3) is 11.1 Å². The summed E-state index contributed by atoms with van der Waals surface area (Å²) in [6, 6.07) is 30.5. The standard InChI is InChI=1S/C22H23N/c1-3-18(2)23(21-12-8-5-9-13-21)22-16-14-20(15-17-22)19-10-6-4-7-11-19/h4-18H,3H2,1-2H3. The van der Waals surface area contributed by atoms with E-state index in [-0.39, 0.29) is 0 Å². The first-order valence-corrected chi connectivity index (χ1v) is 8.29. The molecule has 0 heterocycles. The first kappa shape index (κ1) is 15.4. The summed E-state index contributed by atoms with van der Waals surface area (Å²) in [5.74, 6) is 0. The van der Waals surface area contributed by atoms with E-state index >= 15 is 0 Å². The van der Waals surface area contributed by atoms with Gasteiger partial charge in [-0.1, -0.05) is 67.6 Å². The molecule has 0 N–H and O–H groups in total. The number of hydrogen-bond donors (Lipinski definition) is 0. The summed E-state index contributed by atoms with van der Waals surface area (Å²) in [6.07, 6.45) is 1.11. The lowest BCUT2D eigenvalue weighted by atomic mass is 10.0. The van der Waals surface area contributed by atoms with E-state index < -0.39 is 0 Å². The fraction of sp³-hybridized carbons (Fsp3) is 0.182. The maximum Gasteiger partial charge on any atom is 0.0413 e. The van der Waals surface area contributed by atoms with E-state index in [1.54, 1.807) is 0 Å². The predicted molar refractivity (Wildman–Crippen MR) is 100 cm³/mol. The number of rotatable bonds is 5. The van der Waals surface area contributed by atoms with Crippen LogP contribution in [0.5, 0.6) is 0 Å². The molecular weight excluding hydrogens is 278 g/mol. The first-order chi connectivity index (χ1) is 11.3. The molecule has 3 rings (SSSR count). The largest absolute Gasteiger partial charge is 0.339 e. The molecule has 1 unspecified atom stereocenters. The van der Waals surface area contributed by atoms with E-state index in [0.29, 0.717) is 6.04 Å². The van der Waals surface area contributed by atoms with E-state index in [0.717, 1.165) is 6.42 Å². The summed E-state index contributed by atoms with van der Waals surface area (Å²) < 4.78 is 0. The summed E-state index contributed by atoms with van der Waals surface area (Å²) in [7, 11) is 0. The Morgan fingerprint density at radius 3 is 1.70 bits per heavy atom. The van der Waals surface area contributed by atoms with Gasteiger partial charge in [-0.25, -0.2) is 0 Å². The zero-order chi connectivity index (χ0) is 16.1. The van der Waals surface area contributed by atoms with Crippen LogP contribution >= 0.6 is 0 Å². The Balaban J connectivity index is 1.94. The van der Waals surface area contributed by atoms with E-state index in [9.17, 15) is 0 Å². The van der Waals surface area contributed by atoms with Crippen LogP contribution in [0.15, 0.2) is 84.9 Å². The molecule has 3 aromatic rings. The second-order valence-electron chi connectivity index (χ2n) is 5.88. The number of nitrogens with zero attached hydrogens (tertiary/aromatic N) is 1. The zero-order valence-corrected chi connectivity index (χ0v) is 13.8. The molecule has 23 heavy (non-hydrogen) atoms. The molecule has 0 aliphatic heterocycles. The van der Waals surface area contributed by atoms with Gasteiger partial charge in [-0.3, -0.25) is 0 Å². The third-order valence-electron chi connectivity index (χ3n) is 4.32. The molecule has 3 aromatic carbocycles. The summed E-state index contributed by atoms with van der Waals surface area (Å²) in [5.41, 5.74) is 5.00. The van der Waals surface area contributed by atoms with Gasteiger partial charge in [-0.2, -0.15) is 0 Å². The topological polar surface area (TPSA) is 3.24 Å². The minimum atomic E-state index is 0.458. The molecule has 0 bridgehead atoms. The Hall–Kier alpha value is -2.54. The fourth-order valence-electron chi connectivity index (χ4n) is 2.87. The third kappa shape index (κ3) is 3.45. The van der Waals surface area contributed by atoms with Gasteiger partial charge in [0.15, 0.2) is 0 Å². The van der Waals surface area contributed by atoms with Crippen molar-refractivity contribution in [3.8, 4) is 11.1 Å². The van der Waals surface area contributed by atoms with Crippen molar-refractivity contribution in [2.45, 2.75) is 26.3 Å². The number of hydrogen-bond acceptors (Lipinski definition) is 1. The summed E-state index contributed by atoms with van der Waals surface area (Å²) in [6.45, 7) is 4.51. The van der Waals surface area contributed by atoms with Crippen molar-refractivity contribution >= 4 is 11.4 Å². The second-order valence-corrected chi connectivity index (χ2v) is 5.88. The Morgan fingerprint density at radius 2 is 1.13 bits per heavy atom. The molecule has 1 nitrogen and oxygen atoms in total. The summed E-state index contributed by atoms with van der Waals surface area (Å²) in [5, 5.41) is 0. The average molecular weight is 301 g/mol. The van der Waals surface area contributed by atoms with Crippen LogP contribution in [-0.2, 0) is 0 Å². The van der Waals surface area contributed by atoms with E-state index in [1.807, 2.05) is 0 Å². The van der Waals surface area contributed by atoms with Crippen molar-refractivity contribution in [1.29, 1.82) is 0 Å². The normalized spacial score (nSPS) is 11.9. The highest BCUT2D eigenvalue weighted by Gasteiger charge is 2.15. The number of benzene rings is 3. The van der Waals surface area contributed by atoms with Crippen LogP contribution in [0.2, 0.25) is 0 Å². The van der Waals surface area contributed by atoms with Crippen molar-refractivity contribution in [2.24, 2.45) is 0 Å². The summed E-state index contributed by atoms with van der Waals surface area (Å²) in [4.78, 5) is 2.41. The smallest absolute Gasteiger partial charge is 0.0413 e. The molecule has 0 amide bonds. The quantitative estimate of drug-likeness (QED) is 0.535. The van der Waals surface area contributed by atoms with E-state index in [2.05, 4.69) is 104 Å². The molecule has 0 aliphatic carbocycles. The molecule has 0 spiro atoms. The maximum atomic E-state index is 2.41. The maximum absolute atomic E-state index is 2.41. The van der Waals surface area contributed by atoms with Crippen molar-refractivity contribution in [2.75, 3.05) is 4.90 Å². The predicted octanol–water partition coefficient (Wildman–Crippen LogP) is 6.29. The molecule has 0 saturated heterocycles. The van der Waals surface area contributed by atoms with E-state index in [1.165, 1.54) is 22.5 Å². The SMILES string of the molecule is CCC(C)N(c1ccccc1)c1ccc(-c2ccccc2)cc1. The molecule has 0 aromatic heterocycles. The highest BCUT2D eigenvalue weighted by atomic mass is 15.2. The van der Waals surface area contributed by atoms with Gasteiger partial charge in [0.2, 0.25) is 0 Å². The van der Waals surface area contributed by atoms with Crippen LogP contribution in [0, 0.1) is 0 Å². The molecule has 0 radical (unpaired) electrons. The first-order valence-electron chi connectivity index (χ1n) is 8.29. The molecule has 0 aliphatic rings. The van der Waals surface area contributed by atoms with Crippen LogP contribution < -0.4 is 4.90 Å². The van der Waals surface area contributed by atoms with Gasteiger partial charge in [0, 0.05) is 17.4 Å². The molecule has 0 saturated carbocycles. The Bertz CT molecular complexity index is 717. The van der Waals surface area contributed by atoms with Gasteiger partial charge in [0.1, 0.15) is 0 Å². The lowest BCUT2D eigenvalue weighted by Crippen LogP contribution is -2.27. The minimum absolute atomic E-state index is 0.458. The monoisotopic (exact) mass is 301 g/mol. The minimum Gasteiger partial charge on any atom is -0.339 e. The zero-order valence-electron chi connectivity index (χ0n) is 13.8. The highest BCUT2D eigenvalue weighted by molar-refractivity contribution is 5.70. The van der Waals surface area contributed by atoms with Gasteiger partial charge >= 0.3 is 0 Å². The Kier molecular flexibility index (Phi) is 4.77. The van der Waals surface area contributed by atoms with Crippen LogP contribution in [0.4, 0.5) is 11.4 Å². The Labute approximate surface area is 139 Å². The fourth-order valence-corrected chi connectivity index (χ4v) is 2.87. The highest BCUT2D eigenvalue weighted by Crippen LogP contribution is 2.30.